The van der Waals surface area contributed by atoms with Crippen molar-refractivity contribution < 1.29 is 4.39 Å². The van der Waals surface area contributed by atoms with Crippen LogP contribution in [0.5, 0.6) is 0 Å². The molecular formula is C15H20FN3. The Balaban J connectivity index is 2.16. The summed E-state index contributed by atoms with van der Waals surface area (Å²) in [6.07, 6.45) is 5.51. The van der Waals surface area contributed by atoms with Gasteiger partial charge in [-0.15, -0.1) is 0 Å². The minimum atomic E-state index is -0.183. The molecule has 1 N–H and O–H groups in total. The molecule has 0 radical (unpaired) electrons. The molecule has 3 nitrogen and oxygen atoms in total. The standard InChI is InChI=1S/C15H20FN3/c1-3-6-17-11-13-9-14(16)5-4-12(13)10-15-18-7-8-19(15)2/h4-5,7-9,17H,3,6,10-11H2,1-2H3. The molecule has 0 spiro atoms. The summed E-state index contributed by atoms with van der Waals surface area (Å²) in [5.41, 5.74) is 2.13. The second kappa shape index (κ2) is 6.48. The normalized spacial score (nSPS) is 10.9. The quantitative estimate of drug-likeness (QED) is 0.810. The van der Waals surface area contributed by atoms with E-state index in [-0.39, 0.29) is 5.82 Å². The van der Waals surface area contributed by atoms with Crippen molar-refractivity contribution in [3.05, 3.63) is 53.4 Å². The minimum absolute atomic E-state index is 0.183. The molecule has 0 atom stereocenters. The predicted octanol–water partition coefficient (Wildman–Crippen LogP) is 2.65. The van der Waals surface area contributed by atoms with Crippen LogP contribution in [0.15, 0.2) is 30.6 Å². The fourth-order valence-corrected chi connectivity index (χ4v) is 2.07. The number of nitrogens with one attached hydrogen (secondary N) is 1. The number of nitrogens with zero attached hydrogens (tertiary/aromatic N) is 2. The molecule has 0 amide bonds. The smallest absolute Gasteiger partial charge is 0.123 e. The molecule has 0 fully saturated rings. The van der Waals surface area contributed by atoms with Gasteiger partial charge in [0.1, 0.15) is 11.6 Å². The van der Waals surface area contributed by atoms with E-state index in [4.69, 9.17) is 0 Å². The number of hydrogen-bond donors (Lipinski definition) is 1. The lowest BCUT2D eigenvalue weighted by molar-refractivity contribution is 0.616. The van der Waals surface area contributed by atoms with Crippen molar-refractivity contribution in [1.29, 1.82) is 0 Å². The summed E-state index contributed by atoms with van der Waals surface area (Å²) in [5, 5.41) is 3.32. The summed E-state index contributed by atoms with van der Waals surface area (Å²) >= 11 is 0. The maximum absolute atomic E-state index is 13.4. The van der Waals surface area contributed by atoms with Gasteiger partial charge in [0, 0.05) is 32.4 Å². The molecule has 1 aromatic carbocycles. The molecule has 2 aromatic rings. The van der Waals surface area contributed by atoms with E-state index in [1.54, 1.807) is 12.3 Å². The summed E-state index contributed by atoms with van der Waals surface area (Å²) in [4.78, 5) is 4.32. The lowest BCUT2D eigenvalue weighted by Crippen LogP contribution is -2.15. The number of benzene rings is 1. The van der Waals surface area contributed by atoms with Gasteiger partial charge in [-0.05, 0) is 36.2 Å². The summed E-state index contributed by atoms with van der Waals surface area (Å²) in [6, 6.07) is 4.98. The second-order valence-corrected chi connectivity index (χ2v) is 4.72. The van der Waals surface area contributed by atoms with E-state index >= 15 is 0 Å². The highest BCUT2D eigenvalue weighted by atomic mass is 19.1. The van der Waals surface area contributed by atoms with E-state index in [1.807, 2.05) is 23.9 Å². The van der Waals surface area contributed by atoms with Gasteiger partial charge in [0.2, 0.25) is 0 Å². The Bertz CT molecular complexity index is 534. The molecule has 102 valence electrons. The average Bonchev–Trinajstić information content (AvgIpc) is 2.78. The number of hydrogen-bond acceptors (Lipinski definition) is 2. The zero-order valence-electron chi connectivity index (χ0n) is 11.5. The van der Waals surface area contributed by atoms with Gasteiger partial charge in [0.25, 0.3) is 0 Å². The second-order valence-electron chi connectivity index (χ2n) is 4.72. The number of imidazole rings is 1. The fraction of sp³-hybridized carbons (Fsp3) is 0.400. The molecule has 0 aliphatic heterocycles. The molecular weight excluding hydrogens is 241 g/mol. The Morgan fingerprint density at radius 2 is 2.16 bits per heavy atom. The number of rotatable bonds is 6. The Labute approximate surface area is 113 Å². The van der Waals surface area contributed by atoms with E-state index in [0.717, 1.165) is 36.3 Å². The van der Waals surface area contributed by atoms with Crippen LogP contribution < -0.4 is 5.32 Å². The molecule has 0 saturated heterocycles. The third-order valence-corrected chi connectivity index (χ3v) is 3.18. The van der Waals surface area contributed by atoms with Crippen LogP contribution in [0.1, 0.15) is 30.3 Å². The number of halogens is 1. The van der Waals surface area contributed by atoms with Crippen LogP contribution in [-0.4, -0.2) is 16.1 Å². The highest BCUT2D eigenvalue weighted by Gasteiger charge is 2.07. The first-order chi connectivity index (χ1) is 9.20. The largest absolute Gasteiger partial charge is 0.338 e. The molecule has 4 heteroatoms. The molecule has 1 heterocycles. The summed E-state index contributed by atoms with van der Waals surface area (Å²) in [6.45, 7) is 3.76. The van der Waals surface area contributed by atoms with Crippen molar-refractivity contribution in [2.75, 3.05) is 6.54 Å². The third-order valence-electron chi connectivity index (χ3n) is 3.18. The topological polar surface area (TPSA) is 29.9 Å². The van der Waals surface area contributed by atoms with Gasteiger partial charge < -0.3 is 9.88 Å². The Morgan fingerprint density at radius 1 is 1.32 bits per heavy atom. The van der Waals surface area contributed by atoms with Crippen LogP contribution in [0.3, 0.4) is 0 Å². The average molecular weight is 261 g/mol. The first-order valence-corrected chi connectivity index (χ1v) is 6.65. The SMILES string of the molecule is CCCNCc1cc(F)ccc1Cc1nccn1C. The van der Waals surface area contributed by atoms with Crippen LogP contribution in [-0.2, 0) is 20.0 Å². The summed E-state index contributed by atoms with van der Waals surface area (Å²) in [7, 11) is 1.97. The van der Waals surface area contributed by atoms with Crippen LogP contribution in [0.4, 0.5) is 4.39 Å². The maximum Gasteiger partial charge on any atom is 0.123 e. The van der Waals surface area contributed by atoms with Crippen molar-refractivity contribution >= 4 is 0 Å². The predicted molar refractivity (Wildman–Crippen MR) is 74.4 cm³/mol. The fourth-order valence-electron chi connectivity index (χ4n) is 2.07. The molecule has 19 heavy (non-hydrogen) atoms. The van der Waals surface area contributed by atoms with Crippen molar-refractivity contribution in [3.8, 4) is 0 Å². The Hall–Kier alpha value is -1.68. The Kier molecular flexibility index (Phi) is 4.68. The lowest BCUT2D eigenvalue weighted by Gasteiger charge is -2.11. The van der Waals surface area contributed by atoms with Crippen LogP contribution >= 0.6 is 0 Å². The third kappa shape index (κ3) is 3.64. The highest BCUT2D eigenvalue weighted by Crippen LogP contribution is 2.15. The van der Waals surface area contributed by atoms with E-state index < -0.39 is 0 Å². The first-order valence-electron chi connectivity index (χ1n) is 6.65. The molecule has 0 aliphatic rings. The van der Waals surface area contributed by atoms with Gasteiger partial charge in [-0.1, -0.05) is 13.0 Å². The summed E-state index contributed by atoms with van der Waals surface area (Å²) < 4.78 is 15.4. The van der Waals surface area contributed by atoms with E-state index in [1.165, 1.54) is 6.07 Å². The van der Waals surface area contributed by atoms with Crippen LogP contribution in [0.2, 0.25) is 0 Å². The van der Waals surface area contributed by atoms with Crippen molar-refractivity contribution in [2.45, 2.75) is 26.3 Å². The molecule has 0 saturated carbocycles. The summed E-state index contributed by atoms with van der Waals surface area (Å²) in [5.74, 6) is 0.806. The number of aromatic nitrogens is 2. The molecule has 0 bridgehead atoms. The monoisotopic (exact) mass is 261 g/mol. The van der Waals surface area contributed by atoms with Gasteiger partial charge in [0.05, 0.1) is 0 Å². The maximum atomic E-state index is 13.4. The van der Waals surface area contributed by atoms with Crippen molar-refractivity contribution in [1.82, 2.24) is 14.9 Å². The van der Waals surface area contributed by atoms with Gasteiger partial charge in [0.15, 0.2) is 0 Å². The van der Waals surface area contributed by atoms with Gasteiger partial charge in [-0.2, -0.15) is 0 Å². The zero-order chi connectivity index (χ0) is 13.7. The van der Waals surface area contributed by atoms with Crippen LogP contribution in [0, 0.1) is 5.82 Å². The minimum Gasteiger partial charge on any atom is -0.338 e. The lowest BCUT2D eigenvalue weighted by atomic mass is 10.0. The molecule has 0 aliphatic carbocycles. The highest BCUT2D eigenvalue weighted by molar-refractivity contribution is 5.30. The van der Waals surface area contributed by atoms with Crippen molar-refractivity contribution in [2.24, 2.45) is 7.05 Å². The van der Waals surface area contributed by atoms with Crippen molar-refractivity contribution in [3.63, 3.8) is 0 Å². The molecule has 2 rings (SSSR count). The van der Waals surface area contributed by atoms with E-state index in [0.29, 0.717) is 6.54 Å². The van der Waals surface area contributed by atoms with E-state index in [2.05, 4.69) is 17.2 Å². The van der Waals surface area contributed by atoms with Crippen LogP contribution in [0.25, 0.3) is 0 Å². The van der Waals surface area contributed by atoms with E-state index in [9.17, 15) is 4.39 Å². The van der Waals surface area contributed by atoms with Gasteiger partial charge in [-0.3, -0.25) is 0 Å². The number of aryl methyl sites for hydroxylation is 1. The first kappa shape index (κ1) is 13.7. The molecule has 0 unspecified atom stereocenters. The Morgan fingerprint density at radius 3 is 2.84 bits per heavy atom. The van der Waals surface area contributed by atoms with Gasteiger partial charge >= 0.3 is 0 Å². The van der Waals surface area contributed by atoms with Gasteiger partial charge in [-0.25, -0.2) is 9.37 Å². The molecule has 1 aromatic heterocycles. The zero-order valence-corrected chi connectivity index (χ0v) is 11.5.